The second-order valence-corrected chi connectivity index (χ2v) is 8.76. The van der Waals surface area contributed by atoms with Gasteiger partial charge in [0.2, 0.25) is 0 Å². The SMILES string of the molecule is Cc1nc(CN2CCN(C34CC5CC(CC(C5)C3)C4)CC2)co1. The summed E-state index contributed by atoms with van der Waals surface area (Å²) in [5.74, 6) is 3.94. The van der Waals surface area contributed by atoms with Gasteiger partial charge in [0, 0.05) is 45.2 Å². The number of piperazine rings is 1. The highest BCUT2D eigenvalue weighted by Crippen LogP contribution is 2.57. The van der Waals surface area contributed by atoms with Gasteiger partial charge in [-0.05, 0) is 56.3 Å². The summed E-state index contributed by atoms with van der Waals surface area (Å²) in [6.45, 7) is 7.76. The first-order valence-electron chi connectivity index (χ1n) is 9.57. The molecule has 0 radical (unpaired) electrons. The molecule has 1 aliphatic heterocycles. The van der Waals surface area contributed by atoms with E-state index < -0.39 is 0 Å². The van der Waals surface area contributed by atoms with Gasteiger partial charge < -0.3 is 4.42 Å². The molecule has 0 N–H and O–H groups in total. The van der Waals surface area contributed by atoms with Crippen LogP contribution < -0.4 is 0 Å². The minimum atomic E-state index is 0.589. The molecule has 0 amide bonds. The van der Waals surface area contributed by atoms with E-state index >= 15 is 0 Å². The van der Waals surface area contributed by atoms with Crippen LogP contribution in [0.3, 0.4) is 0 Å². The fourth-order valence-electron chi connectivity index (χ4n) is 6.54. The van der Waals surface area contributed by atoms with Crippen LogP contribution in [0.25, 0.3) is 0 Å². The summed E-state index contributed by atoms with van der Waals surface area (Å²) in [5, 5.41) is 0. The number of oxazole rings is 1. The Morgan fingerprint density at radius 1 is 1.04 bits per heavy atom. The van der Waals surface area contributed by atoms with Crippen LogP contribution >= 0.6 is 0 Å². The zero-order valence-electron chi connectivity index (χ0n) is 14.3. The molecule has 6 rings (SSSR count). The van der Waals surface area contributed by atoms with Crippen molar-refractivity contribution in [3.8, 4) is 0 Å². The number of aromatic nitrogens is 1. The van der Waals surface area contributed by atoms with E-state index in [1.807, 2.05) is 13.2 Å². The van der Waals surface area contributed by atoms with Crippen LogP contribution in [0.1, 0.15) is 50.1 Å². The van der Waals surface area contributed by atoms with Crippen LogP contribution in [0.5, 0.6) is 0 Å². The fraction of sp³-hybridized carbons (Fsp3) is 0.842. The minimum Gasteiger partial charge on any atom is -0.449 e. The standard InChI is InChI=1S/C19H29N3O/c1-14-20-18(13-23-14)12-21-2-4-22(5-3-21)19-9-15-6-16(10-19)8-17(7-15)11-19/h13,15-17H,2-12H2,1H3. The van der Waals surface area contributed by atoms with Crippen LogP contribution in [-0.4, -0.2) is 46.5 Å². The second-order valence-electron chi connectivity index (χ2n) is 8.76. The molecule has 4 heteroatoms. The third kappa shape index (κ3) is 2.54. The Hall–Kier alpha value is -0.870. The molecule has 0 aromatic carbocycles. The first-order chi connectivity index (χ1) is 11.2. The molecule has 0 atom stereocenters. The molecule has 0 spiro atoms. The zero-order chi connectivity index (χ0) is 15.4. The van der Waals surface area contributed by atoms with Crippen molar-refractivity contribution >= 4 is 0 Å². The molecule has 4 nitrogen and oxygen atoms in total. The summed E-state index contributed by atoms with van der Waals surface area (Å²) < 4.78 is 5.34. The Kier molecular flexibility index (Phi) is 3.35. The molecule has 1 aromatic heterocycles. The van der Waals surface area contributed by atoms with E-state index in [0.717, 1.165) is 35.9 Å². The van der Waals surface area contributed by atoms with Crippen molar-refractivity contribution in [3.63, 3.8) is 0 Å². The van der Waals surface area contributed by atoms with Crippen molar-refractivity contribution in [3.05, 3.63) is 17.8 Å². The first kappa shape index (κ1) is 14.5. The van der Waals surface area contributed by atoms with Crippen LogP contribution in [0.2, 0.25) is 0 Å². The molecule has 0 unspecified atom stereocenters. The Labute approximate surface area is 139 Å². The Balaban J connectivity index is 1.23. The zero-order valence-corrected chi connectivity index (χ0v) is 14.3. The quantitative estimate of drug-likeness (QED) is 0.858. The number of hydrogen-bond donors (Lipinski definition) is 0. The van der Waals surface area contributed by atoms with Crippen LogP contribution in [0.4, 0.5) is 0 Å². The van der Waals surface area contributed by atoms with Crippen LogP contribution in [-0.2, 0) is 6.54 Å². The number of aryl methyl sites for hydroxylation is 1. The second kappa shape index (κ2) is 5.32. The van der Waals surface area contributed by atoms with E-state index in [1.54, 1.807) is 19.3 Å². The molecule has 4 bridgehead atoms. The van der Waals surface area contributed by atoms with Crippen molar-refractivity contribution in [2.45, 2.75) is 57.5 Å². The highest BCUT2D eigenvalue weighted by molar-refractivity contribution is 5.08. The van der Waals surface area contributed by atoms with Crippen molar-refractivity contribution in [1.29, 1.82) is 0 Å². The van der Waals surface area contributed by atoms with Crippen LogP contribution in [0.15, 0.2) is 10.7 Å². The van der Waals surface area contributed by atoms with Gasteiger partial charge in [-0.2, -0.15) is 0 Å². The van der Waals surface area contributed by atoms with E-state index in [-0.39, 0.29) is 0 Å². The summed E-state index contributed by atoms with van der Waals surface area (Å²) in [4.78, 5) is 9.90. The highest BCUT2D eigenvalue weighted by atomic mass is 16.3. The third-order valence-electron chi connectivity index (χ3n) is 7.10. The van der Waals surface area contributed by atoms with Gasteiger partial charge in [0.15, 0.2) is 5.89 Å². The lowest BCUT2D eigenvalue weighted by Gasteiger charge is -2.61. The first-order valence-corrected chi connectivity index (χ1v) is 9.57. The Bertz CT molecular complexity index is 538. The van der Waals surface area contributed by atoms with Gasteiger partial charge in [0.1, 0.15) is 6.26 Å². The van der Waals surface area contributed by atoms with Gasteiger partial charge in [-0.25, -0.2) is 4.98 Å². The fourth-order valence-corrected chi connectivity index (χ4v) is 6.54. The summed E-state index contributed by atoms with van der Waals surface area (Å²) in [6, 6.07) is 0. The molecular formula is C19H29N3O. The summed E-state index contributed by atoms with van der Waals surface area (Å²) >= 11 is 0. The largest absolute Gasteiger partial charge is 0.449 e. The smallest absolute Gasteiger partial charge is 0.191 e. The topological polar surface area (TPSA) is 32.5 Å². The predicted octanol–water partition coefficient (Wildman–Crippen LogP) is 3.07. The van der Waals surface area contributed by atoms with Crippen molar-refractivity contribution in [2.24, 2.45) is 17.8 Å². The Morgan fingerprint density at radius 2 is 1.65 bits per heavy atom. The van der Waals surface area contributed by atoms with Crippen molar-refractivity contribution in [2.75, 3.05) is 26.2 Å². The molecular weight excluding hydrogens is 286 g/mol. The minimum absolute atomic E-state index is 0.589. The van der Waals surface area contributed by atoms with Gasteiger partial charge in [0.05, 0.1) is 5.69 Å². The van der Waals surface area contributed by atoms with Gasteiger partial charge in [-0.15, -0.1) is 0 Å². The lowest BCUT2D eigenvalue weighted by atomic mass is 9.52. The molecule has 1 saturated heterocycles. The van der Waals surface area contributed by atoms with Crippen molar-refractivity contribution in [1.82, 2.24) is 14.8 Å². The maximum absolute atomic E-state index is 5.34. The lowest BCUT2D eigenvalue weighted by Crippen LogP contribution is -2.63. The maximum atomic E-state index is 5.34. The molecule has 126 valence electrons. The van der Waals surface area contributed by atoms with E-state index in [4.69, 9.17) is 4.42 Å². The summed E-state index contributed by atoms with van der Waals surface area (Å²) in [5.41, 5.74) is 1.68. The van der Waals surface area contributed by atoms with E-state index in [2.05, 4.69) is 14.8 Å². The molecule has 5 aliphatic rings. The van der Waals surface area contributed by atoms with Crippen LogP contribution in [0, 0.1) is 24.7 Å². The average molecular weight is 315 g/mol. The van der Waals surface area contributed by atoms with E-state index in [1.165, 1.54) is 45.4 Å². The maximum Gasteiger partial charge on any atom is 0.191 e. The number of rotatable bonds is 3. The summed E-state index contributed by atoms with van der Waals surface area (Å²) in [6.07, 6.45) is 11.0. The van der Waals surface area contributed by atoms with Gasteiger partial charge in [-0.1, -0.05) is 0 Å². The Morgan fingerprint density at radius 3 is 2.17 bits per heavy atom. The summed E-state index contributed by atoms with van der Waals surface area (Å²) in [7, 11) is 0. The number of nitrogens with zero attached hydrogens (tertiary/aromatic N) is 3. The molecule has 2 heterocycles. The van der Waals surface area contributed by atoms with Crippen molar-refractivity contribution < 1.29 is 4.42 Å². The molecule has 1 aromatic rings. The van der Waals surface area contributed by atoms with E-state index in [9.17, 15) is 0 Å². The van der Waals surface area contributed by atoms with E-state index in [0.29, 0.717) is 5.54 Å². The number of hydrogen-bond acceptors (Lipinski definition) is 4. The highest BCUT2D eigenvalue weighted by Gasteiger charge is 2.53. The van der Waals surface area contributed by atoms with Gasteiger partial charge >= 0.3 is 0 Å². The monoisotopic (exact) mass is 315 g/mol. The van der Waals surface area contributed by atoms with Gasteiger partial charge in [-0.3, -0.25) is 9.80 Å². The predicted molar refractivity (Wildman–Crippen MR) is 89.0 cm³/mol. The molecule has 23 heavy (non-hydrogen) atoms. The molecule has 4 saturated carbocycles. The lowest BCUT2D eigenvalue weighted by molar-refractivity contribution is -0.102. The molecule has 5 fully saturated rings. The van der Waals surface area contributed by atoms with Gasteiger partial charge in [0.25, 0.3) is 0 Å². The normalized spacial score (nSPS) is 40.8. The average Bonchev–Trinajstić information content (AvgIpc) is 2.92. The third-order valence-corrected chi connectivity index (χ3v) is 7.10. The molecule has 4 aliphatic carbocycles.